The van der Waals surface area contributed by atoms with Crippen LogP contribution in [0.5, 0.6) is 0 Å². The van der Waals surface area contributed by atoms with Crippen molar-refractivity contribution in [2.75, 3.05) is 11.9 Å². The second-order valence-electron chi connectivity index (χ2n) is 5.71. The number of hydrogen-bond acceptors (Lipinski definition) is 6. The fourth-order valence-corrected chi connectivity index (χ4v) is 2.27. The molecule has 0 saturated carbocycles. The average Bonchev–Trinajstić information content (AvgIpc) is 2.46. The number of anilines is 2. The van der Waals surface area contributed by atoms with Gasteiger partial charge in [0.25, 0.3) is 0 Å². The van der Waals surface area contributed by atoms with Crippen LogP contribution >= 0.6 is 0 Å². The Morgan fingerprint density at radius 1 is 1.33 bits per heavy atom. The number of nitrogens with one attached hydrogen (secondary N) is 2. The van der Waals surface area contributed by atoms with Gasteiger partial charge in [0.05, 0.1) is 11.4 Å². The minimum absolute atomic E-state index is 0.561. The Hall–Kier alpha value is -2.05. The first-order valence-electron chi connectivity index (χ1n) is 7.04. The number of aliphatic hydroxyl groups is 1. The summed E-state index contributed by atoms with van der Waals surface area (Å²) in [6.07, 6.45) is 4.51. The van der Waals surface area contributed by atoms with Crippen molar-refractivity contribution in [2.24, 2.45) is 0 Å². The van der Waals surface area contributed by atoms with Gasteiger partial charge in [0.15, 0.2) is 0 Å². The quantitative estimate of drug-likeness (QED) is 0.792. The molecule has 110 valence electrons. The Morgan fingerprint density at radius 3 is 3.00 bits per heavy atom. The Labute approximate surface area is 123 Å². The van der Waals surface area contributed by atoms with Crippen molar-refractivity contribution in [1.82, 2.24) is 20.3 Å². The molecule has 1 aliphatic heterocycles. The number of aromatic nitrogens is 3. The first kappa shape index (κ1) is 13.9. The van der Waals surface area contributed by atoms with Crippen LogP contribution in [0.3, 0.4) is 0 Å². The summed E-state index contributed by atoms with van der Waals surface area (Å²) in [5.41, 5.74) is 2.68. The summed E-state index contributed by atoms with van der Waals surface area (Å²) < 4.78 is 0. The third-order valence-electron chi connectivity index (χ3n) is 3.46. The van der Waals surface area contributed by atoms with Crippen LogP contribution in [0.25, 0.3) is 0 Å². The molecule has 2 aromatic heterocycles. The Morgan fingerprint density at radius 2 is 2.19 bits per heavy atom. The van der Waals surface area contributed by atoms with E-state index in [-0.39, 0.29) is 0 Å². The molecule has 0 bridgehead atoms. The first-order valence-corrected chi connectivity index (χ1v) is 7.04. The number of nitrogens with zero attached hydrogens (tertiary/aromatic N) is 3. The number of fused-ring (bicyclic) bond motifs is 1. The van der Waals surface area contributed by atoms with Gasteiger partial charge >= 0.3 is 0 Å². The molecule has 3 rings (SSSR count). The van der Waals surface area contributed by atoms with Gasteiger partial charge < -0.3 is 15.7 Å². The van der Waals surface area contributed by atoms with Crippen LogP contribution in [0.1, 0.15) is 30.8 Å². The fourth-order valence-electron chi connectivity index (χ4n) is 2.27. The molecule has 21 heavy (non-hydrogen) atoms. The van der Waals surface area contributed by atoms with Crippen LogP contribution in [0.4, 0.5) is 11.6 Å². The van der Waals surface area contributed by atoms with E-state index in [0.717, 1.165) is 30.9 Å². The van der Waals surface area contributed by atoms with Crippen molar-refractivity contribution in [3.63, 3.8) is 0 Å². The molecule has 1 aliphatic rings. The molecule has 3 heterocycles. The Bertz CT molecular complexity index is 651. The lowest BCUT2D eigenvalue weighted by atomic mass is 10.0. The standard InChI is InChI=1S/C15H19N5O/c1-15(2,21)13-7-11(4-6-17-13)19-14-18-8-10-3-5-16-9-12(10)20-14/h4,6-8,16,21H,3,5,9H2,1-2H3,(H,17,18,19,20). The number of hydrogen-bond donors (Lipinski definition) is 3. The van der Waals surface area contributed by atoms with Crippen LogP contribution in [0, 0.1) is 0 Å². The van der Waals surface area contributed by atoms with E-state index in [2.05, 4.69) is 25.6 Å². The molecule has 6 nitrogen and oxygen atoms in total. The van der Waals surface area contributed by atoms with Crippen molar-refractivity contribution in [2.45, 2.75) is 32.4 Å². The minimum Gasteiger partial charge on any atom is -0.384 e. The second kappa shape index (κ2) is 5.38. The SMILES string of the molecule is CC(C)(O)c1cc(Nc2ncc3c(n2)CNCC3)ccn1. The predicted molar refractivity (Wildman–Crippen MR) is 80.2 cm³/mol. The van der Waals surface area contributed by atoms with Crippen LogP contribution in [-0.2, 0) is 18.6 Å². The molecular weight excluding hydrogens is 266 g/mol. The van der Waals surface area contributed by atoms with Gasteiger partial charge in [-0.1, -0.05) is 0 Å². The lowest BCUT2D eigenvalue weighted by molar-refractivity contribution is 0.0739. The molecule has 0 fully saturated rings. The van der Waals surface area contributed by atoms with Gasteiger partial charge in [-0.05, 0) is 44.5 Å². The molecule has 6 heteroatoms. The third kappa shape index (κ3) is 3.17. The third-order valence-corrected chi connectivity index (χ3v) is 3.46. The van der Waals surface area contributed by atoms with Gasteiger partial charge in [0, 0.05) is 24.6 Å². The minimum atomic E-state index is -0.974. The number of rotatable bonds is 3. The van der Waals surface area contributed by atoms with Gasteiger partial charge in [-0.25, -0.2) is 9.97 Å². The molecule has 0 saturated heterocycles. The van der Waals surface area contributed by atoms with Gasteiger partial charge in [0.1, 0.15) is 5.60 Å². The summed E-state index contributed by atoms with van der Waals surface area (Å²) in [6.45, 7) is 5.17. The second-order valence-corrected chi connectivity index (χ2v) is 5.71. The maximum atomic E-state index is 10.0. The van der Waals surface area contributed by atoms with Crippen LogP contribution in [-0.4, -0.2) is 26.6 Å². The molecule has 0 aromatic carbocycles. The highest BCUT2D eigenvalue weighted by molar-refractivity contribution is 5.53. The van der Waals surface area contributed by atoms with Gasteiger partial charge in [-0.2, -0.15) is 0 Å². The molecule has 0 atom stereocenters. The number of pyridine rings is 1. The topological polar surface area (TPSA) is 83.0 Å². The van der Waals surface area contributed by atoms with E-state index in [0.29, 0.717) is 11.6 Å². The van der Waals surface area contributed by atoms with Gasteiger partial charge in [0.2, 0.25) is 5.95 Å². The molecule has 0 aliphatic carbocycles. The maximum Gasteiger partial charge on any atom is 0.227 e. The van der Waals surface area contributed by atoms with E-state index >= 15 is 0 Å². The van der Waals surface area contributed by atoms with E-state index in [4.69, 9.17) is 0 Å². The molecule has 0 amide bonds. The molecule has 0 spiro atoms. The van der Waals surface area contributed by atoms with Crippen molar-refractivity contribution in [1.29, 1.82) is 0 Å². The summed E-state index contributed by atoms with van der Waals surface area (Å²) in [7, 11) is 0. The maximum absolute atomic E-state index is 10.0. The Balaban J connectivity index is 1.83. The van der Waals surface area contributed by atoms with E-state index in [1.807, 2.05) is 12.3 Å². The molecule has 0 unspecified atom stereocenters. The van der Waals surface area contributed by atoms with Crippen molar-refractivity contribution in [3.8, 4) is 0 Å². The van der Waals surface area contributed by atoms with E-state index < -0.39 is 5.60 Å². The zero-order valence-electron chi connectivity index (χ0n) is 12.2. The van der Waals surface area contributed by atoms with Crippen LogP contribution < -0.4 is 10.6 Å². The average molecular weight is 285 g/mol. The molecule has 0 radical (unpaired) electrons. The highest BCUT2D eigenvalue weighted by atomic mass is 16.3. The zero-order chi connectivity index (χ0) is 14.9. The summed E-state index contributed by atoms with van der Waals surface area (Å²) >= 11 is 0. The van der Waals surface area contributed by atoms with Crippen LogP contribution in [0.2, 0.25) is 0 Å². The largest absolute Gasteiger partial charge is 0.384 e. The summed E-state index contributed by atoms with van der Waals surface area (Å²) in [5.74, 6) is 0.561. The normalized spacial score (nSPS) is 14.6. The lowest BCUT2D eigenvalue weighted by Crippen LogP contribution is -2.25. The fraction of sp³-hybridized carbons (Fsp3) is 0.400. The first-order chi connectivity index (χ1) is 10.0. The van der Waals surface area contributed by atoms with Crippen molar-refractivity contribution >= 4 is 11.6 Å². The predicted octanol–water partition coefficient (Wildman–Crippen LogP) is 1.49. The molecule has 3 N–H and O–H groups in total. The monoisotopic (exact) mass is 285 g/mol. The van der Waals surface area contributed by atoms with Gasteiger partial charge in [-0.15, -0.1) is 0 Å². The smallest absolute Gasteiger partial charge is 0.227 e. The van der Waals surface area contributed by atoms with E-state index in [1.54, 1.807) is 26.1 Å². The van der Waals surface area contributed by atoms with Crippen molar-refractivity contribution in [3.05, 3.63) is 41.5 Å². The summed E-state index contributed by atoms with van der Waals surface area (Å²) in [6, 6.07) is 3.64. The van der Waals surface area contributed by atoms with Gasteiger partial charge in [-0.3, -0.25) is 4.98 Å². The molecule has 2 aromatic rings. The highest BCUT2D eigenvalue weighted by Gasteiger charge is 2.18. The lowest BCUT2D eigenvalue weighted by Gasteiger charge is -2.18. The Kier molecular flexibility index (Phi) is 3.57. The van der Waals surface area contributed by atoms with Crippen LogP contribution in [0.15, 0.2) is 24.5 Å². The van der Waals surface area contributed by atoms with Crippen molar-refractivity contribution < 1.29 is 5.11 Å². The highest BCUT2D eigenvalue weighted by Crippen LogP contribution is 2.22. The zero-order valence-corrected chi connectivity index (χ0v) is 12.2. The summed E-state index contributed by atoms with van der Waals surface area (Å²) in [5, 5.41) is 16.5. The summed E-state index contributed by atoms with van der Waals surface area (Å²) in [4.78, 5) is 13.1. The molecular formula is C15H19N5O. The van der Waals surface area contributed by atoms with E-state index in [1.165, 1.54) is 5.56 Å². The van der Waals surface area contributed by atoms with E-state index in [9.17, 15) is 5.11 Å².